The Balaban J connectivity index is 1.25. The van der Waals surface area contributed by atoms with Gasteiger partial charge in [0.05, 0.1) is 36.7 Å². The van der Waals surface area contributed by atoms with Gasteiger partial charge in [-0.25, -0.2) is 4.68 Å². The van der Waals surface area contributed by atoms with Gasteiger partial charge < -0.3 is 30.1 Å². The summed E-state index contributed by atoms with van der Waals surface area (Å²) in [5, 5.41) is 23.8. The Morgan fingerprint density at radius 3 is 2.73 bits per heavy atom. The molecule has 13 heteroatoms. The number of halogens is 1. The van der Waals surface area contributed by atoms with E-state index in [1.165, 1.54) is 4.90 Å². The van der Waals surface area contributed by atoms with Crippen LogP contribution in [0.5, 0.6) is 5.75 Å². The summed E-state index contributed by atoms with van der Waals surface area (Å²) >= 11 is 3.65. The first kappa shape index (κ1) is 26.7. The van der Waals surface area contributed by atoms with Crippen molar-refractivity contribution < 1.29 is 29.0 Å². The van der Waals surface area contributed by atoms with Gasteiger partial charge in [-0.3, -0.25) is 14.4 Å². The molecule has 3 aliphatic heterocycles. The fourth-order valence-electron chi connectivity index (χ4n) is 6.39. The highest BCUT2D eigenvalue weighted by Gasteiger charge is 2.76. The molecule has 3 N–H and O–H groups in total. The van der Waals surface area contributed by atoms with Gasteiger partial charge >= 0.3 is 0 Å². The van der Waals surface area contributed by atoms with Crippen LogP contribution in [0.3, 0.4) is 0 Å². The van der Waals surface area contributed by atoms with E-state index in [1.807, 2.05) is 31.2 Å². The van der Waals surface area contributed by atoms with Crippen molar-refractivity contribution in [2.24, 2.45) is 11.8 Å². The third kappa shape index (κ3) is 4.23. The monoisotopic (exact) mass is 612 g/mol. The second-order valence-electron chi connectivity index (χ2n) is 10.1. The lowest BCUT2D eigenvalue weighted by atomic mass is 9.70. The molecule has 0 radical (unpaired) electrons. The maximum atomic E-state index is 13.8. The van der Waals surface area contributed by atoms with E-state index in [2.05, 4.69) is 36.9 Å². The van der Waals surface area contributed by atoms with Crippen LogP contribution in [0.1, 0.15) is 13.3 Å². The number of likely N-dealkylation sites (tertiary alicyclic amines) is 1. The number of ether oxygens (including phenoxy) is 2. The van der Waals surface area contributed by atoms with Crippen molar-refractivity contribution in [3.63, 3.8) is 0 Å². The minimum atomic E-state index is -1.22. The Morgan fingerprint density at radius 2 is 1.98 bits per heavy atom. The molecule has 1 aromatic heterocycles. The lowest BCUT2D eigenvalue weighted by molar-refractivity contribution is -0.142. The Labute approximate surface area is 238 Å². The molecule has 40 heavy (non-hydrogen) atoms. The van der Waals surface area contributed by atoms with Gasteiger partial charge in [-0.1, -0.05) is 33.3 Å². The summed E-state index contributed by atoms with van der Waals surface area (Å²) in [6, 6.07) is 13.3. The average molecular weight is 613 g/mol. The summed E-state index contributed by atoms with van der Waals surface area (Å²) in [7, 11) is 0. The molecule has 210 valence electrons. The van der Waals surface area contributed by atoms with Crippen molar-refractivity contribution in [2.75, 3.05) is 25.1 Å². The van der Waals surface area contributed by atoms with Gasteiger partial charge in [-0.2, -0.15) is 0 Å². The van der Waals surface area contributed by atoms with Crippen molar-refractivity contribution in [3.05, 3.63) is 48.5 Å². The molecule has 3 amide bonds. The van der Waals surface area contributed by atoms with Crippen LogP contribution in [0.25, 0.3) is 11.0 Å². The number of rotatable bonds is 9. The van der Waals surface area contributed by atoms with Crippen molar-refractivity contribution in [1.82, 2.24) is 25.2 Å². The predicted molar refractivity (Wildman–Crippen MR) is 146 cm³/mol. The number of nitrogens with zero attached hydrogens (tertiary/aromatic N) is 4. The first-order valence-electron chi connectivity index (χ1n) is 13.2. The van der Waals surface area contributed by atoms with E-state index >= 15 is 0 Å². The van der Waals surface area contributed by atoms with Gasteiger partial charge in [0.15, 0.2) is 0 Å². The topological polar surface area (TPSA) is 148 Å². The van der Waals surface area contributed by atoms with Gasteiger partial charge in [0.2, 0.25) is 17.7 Å². The highest BCUT2D eigenvalue weighted by Crippen LogP contribution is 2.60. The molecule has 1 spiro atoms. The second kappa shape index (κ2) is 10.5. The molecule has 2 bridgehead atoms. The number of aliphatic hydroxyl groups is 1. The Hall–Kier alpha value is -3.55. The molecular weight excluding hydrogens is 584 g/mol. The Bertz CT molecular complexity index is 1450. The number of hydrogen-bond acceptors (Lipinski definition) is 8. The van der Waals surface area contributed by atoms with Gasteiger partial charge in [-0.15, -0.1) is 5.10 Å². The first-order chi connectivity index (χ1) is 19.4. The molecule has 0 saturated carbocycles. The number of anilines is 1. The van der Waals surface area contributed by atoms with Crippen molar-refractivity contribution in [1.29, 1.82) is 0 Å². The molecule has 3 fully saturated rings. The van der Waals surface area contributed by atoms with Crippen LogP contribution in [0.15, 0.2) is 48.5 Å². The number of para-hydroxylation sites is 1. The highest BCUT2D eigenvalue weighted by atomic mass is 79.9. The van der Waals surface area contributed by atoms with Gasteiger partial charge in [0.1, 0.15) is 29.6 Å². The molecule has 3 aliphatic rings. The number of aliphatic hydroxyl groups excluding tert-OH is 1. The van der Waals surface area contributed by atoms with Crippen molar-refractivity contribution >= 4 is 50.4 Å². The third-order valence-corrected chi connectivity index (χ3v) is 8.78. The SMILES string of the molecule is CCOc1ccc(NC(=O)[C@H]2[C@@H]3OC4(CC3Br)C(C(=O)NCn3nnc5ccccc53)N(CCO)C(=O)[C@H]24)cc1. The number of nitrogens with one attached hydrogen (secondary N) is 2. The normalized spacial score (nSPS) is 28.6. The minimum Gasteiger partial charge on any atom is -0.494 e. The predicted octanol–water partition coefficient (Wildman–Crippen LogP) is 1.28. The van der Waals surface area contributed by atoms with Crippen LogP contribution in [0.4, 0.5) is 5.69 Å². The van der Waals surface area contributed by atoms with Gasteiger partial charge in [-0.05, 0) is 49.7 Å². The number of carbonyl (C=O) groups is 3. The zero-order chi connectivity index (χ0) is 28.0. The highest BCUT2D eigenvalue weighted by molar-refractivity contribution is 9.09. The van der Waals surface area contributed by atoms with Crippen molar-refractivity contribution in [3.8, 4) is 5.75 Å². The largest absolute Gasteiger partial charge is 0.494 e. The number of amides is 3. The van der Waals surface area contributed by atoms with Crippen LogP contribution < -0.4 is 15.4 Å². The van der Waals surface area contributed by atoms with E-state index in [1.54, 1.807) is 28.9 Å². The molecule has 12 nitrogen and oxygen atoms in total. The van der Waals surface area contributed by atoms with E-state index in [-0.39, 0.29) is 36.5 Å². The lowest BCUT2D eigenvalue weighted by Gasteiger charge is -2.33. The lowest BCUT2D eigenvalue weighted by Crippen LogP contribution is -2.56. The molecule has 3 saturated heterocycles. The maximum absolute atomic E-state index is 13.8. The maximum Gasteiger partial charge on any atom is 0.247 e. The van der Waals surface area contributed by atoms with Crippen LogP contribution in [0, 0.1) is 11.8 Å². The van der Waals surface area contributed by atoms with E-state index in [4.69, 9.17) is 9.47 Å². The summed E-state index contributed by atoms with van der Waals surface area (Å²) in [6.45, 7) is 2.05. The van der Waals surface area contributed by atoms with Crippen LogP contribution >= 0.6 is 15.9 Å². The van der Waals surface area contributed by atoms with Crippen LogP contribution in [-0.2, 0) is 25.8 Å². The average Bonchev–Trinajstić information content (AvgIpc) is 3.66. The number of alkyl halides is 1. The van der Waals surface area contributed by atoms with Crippen molar-refractivity contribution in [2.45, 2.75) is 42.6 Å². The second-order valence-corrected chi connectivity index (χ2v) is 11.3. The summed E-state index contributed by atoms with van der Waals surface area (Å²) in [5.74, 6) is -2.20. The fraction of sp³-hybridized carbons (Fsp3) is 0.444. The summed E-state index contributed by atoms with van der Waals surface area (Å²) in [5.41, 5.74) is 0.775. The van der Waals surface area contributed by atoms with E-state index in [9.17, 15) is 19.5 Å². The molecule has 2 aromatic carbocycles. The molecule has 3 unspecified atom stereocenters. The Kier molecular flexibility index (Phi) is 6.97. The number of aromatic nitrogens is 3. The van der Waals surface area contributed by atoms with Gasteiger partial charge in [0, 0.05) is 17.1 Å². The molecule has 6 rings (SSSR count). The summed E-state index contributed by atoms with van der Waals surface area (Å²) < 4.78 is 13.5. The first-order valence-corrected chi connectivity index (χ1v) is 14.1. The van der Waals surface area contributed by atoms with Gasteiger partial charge in [0.25, 0.3) is 0 Å². The molecular formula is C27H29BrN6O6. The zero-order valence-corrected chi connectivity index (χ0v) is 23.3. The number of hydrogen-bond donors (Lipinski definition) is 3. The molecule has 0 aliphatic carbocycles. The number of fused-ring (bicyclic) bond motifs is 2. The van der Waals surface area contributed by atoms with E-state index < -0.39 is 35.5 Å². The summed E-state index contributed by atoms with van der Waals surface area (Å²) in [4.78, 5) is 42.2. The van der Waals surface area contributed by atoms with Crippen LogP contribution in [0.2, 0.25) is 0 Å². The van der Waals surface area contributed by atoms with Crippen LogP contribution in [-0.4, -0.2) is 85.1 Å². The number of β-amino-alcohol motifs (C(OH)–C–C–N with tert-alkyl or cyclic N) is 1. The fourth-order valence-corrected chi connectivity index (χ4v) is 7.33. The zero-order valence-electron chi connectivity index (χ0n) is 21.7. The minimum absolute atomic E-state index is 0.0283. The van der Waals surface area contributed by atoms with E-state index in [0.717, 1.165) is 5.52 Å². The quantitative estimate of drug-likeness (QED) is 0.306. The Morgan fingerprint density at radius 1 is 1.20 bits per heavy atom. The van der Waals surface area contributed by atoms with E-state index in [0.29, 0.717) is 30.0 Å². The third-order valence-electron chi connectivity index (χ3n) is 7.94. The summed E-state index contributed by atoms with van der Waals surface area (Å²) in [6.07, 6.45) is -0.227. The standard InChI is InChI=1S/C27H29BrN6O6/c1-2-39-16-9-7-15(8-10-16)30-24(36)20-21-26(38)33(11-12-35)23(27(21)13-17(28)22(20)40-27)25(37)29-14-34-19-6-4-3-5-18(19)31-32-34/h3-10,17,20-23,35H,2,11-14H2,1H3,(H,29,37)(H,30,36)/t17?,20-,21+,22-,23?,27?/m1/s1. The number of carbonyl (C=O) groups excluding carboxylic acids is 3. The molecule has 4 heterocycles. The molecule has 6 atom stereocenters. The molecule has 3 aromatic rings. The number of benzene rings is 2. The smallest absolute Gasteiger partial charge is 0.247 e.